The van der Waals surface area contributed by atoms with Crippen LogP contribution < -0.4 is 11.1 Å². The van der Waals surface area contributed by atoms with Gasteiger partial charge in [-0.3, -0.25) is 4.79 Å². The highest BCUT2D eigenvalue weighted by molar-refractivity contribution is 7.98. The largest absolute Gasteiger partial charge is 0.355 e. The molecule has 0 aromatic carbocycles. The molecule has 0 radical (unpaired) electrons. The number of carbonyl (C=O) groups excluding carboxylic acids is 1. The molecule has 0 aliphatic rings. The van der Waals surface area contributed by atoms with Crippen molar-refractivity contribution < 1.29 is 4.79 Å². The molecule has 1 atom stereocenters. The van der Waals surface area contributed by atoms with Gasteiger partial charge in [-0.15, -0.1) is 0 Å². The van der Waals surface area contributed by atoms with Gasteiger partial charge >= 0.3 is 0 Å². The Morgan fingerprint density at radius 3 is 2.62 bits per heavy atom. The lowest BCUT2D eigenvalue weighted by Crippen LogP contribution is -2.40. The fraction of sp³-hybridized carbons (Fsp3) is 0.917. The van der Waals surface area contributed by atoms with Crippen molar-refractivity contribution >= 4 is 17.7 Å². The van der Waals surface area contributed by atoms with Gasteiger partial charge in [-0.1, -0.05) is 26.2 Å². The number of hydrogen-bond donors (Lipinski definition) is 2. The molecule has 0 saturated carbocycles. The average molecular weight is 246 g/mol. The zero-order valence-corrected chi connectivity index (χ0v) is 11.4. The van der Waals surface area contributed by atoms with Crippen LogP contribution in [0.2, 0.25) is 0 Å². The van der Waals surface area contributed by atoms with Crippen molar-refractivity contribution in [1.82, 2.24) is 5.32 Å². The normalized spacial score (nSPS) is 12.4. The molecule has 0 aliphatic carbocycles. The molecule has 0 saturated heterocycles. The zero-order valence-electron chi connectivity index (χ0n) is 10.6. The number of unbranched alkanes of at least 4 members (excludes halogenated alkanes) is 3. The van der Waals surface area contributed by atoms with Crippen molar-refractivity contribution in [2.24, 2.45) is 5.73 Å². The molecular weight excluding hydrogens is 220 g/mol. The molecule has 16 heavy (non-hydrogen) atoms. The van der Waals surface area contributed by atoms with Gasteiger partial charge < -0.3 is 11.1 Å². The second-order valence-electron chi connectivity index (χ2n) is 4.09. The minimum Gasteiger partial charge on any atom is -0.355 e. The summed E-state index contributed by atoms with van der Waals surface area (Å²) in [5, 5.41) is 2.89. The van der Waals surface area contributed by atoms with Crippen LogP contribution >= 0.6 is 11.8 Å². The summed E-state index contributed by atoms with van der Waals surface area (Å²) in [6.07, 6.45) is 8.68. The topological polar surface area (TPSA) is 55.1 Å². The molecule has 3 nitrogen and oxygen atoms in total. The van der Waals surface area contributed by atoms with Crippen LogP contribution in [0.25, 0.3) is 0 Å². The summed E-state index contributed by atoms with van der Waals surface area (Å²) < 4.78 is 0. The van der Waals surface area contributed by atoms with Gasteiger partial charge in [-0.2, -0.15) is 11.8 Å². The van der Waals surface area contributed by atoms with Crippen LogP contribution in [0, 0.1) is 0 Å². The smallest absolute Gasteiger partial charge is 0.236 e. The predicted molar refractivity (Wildman–Crippen MR) is 72.7 cm³/mol. The van der Waals surface area contributed by atoms with E-state index in [9.17, 15) is 4.79 Å². The third kappa shape index (κ3) is 9.04. The highest BCUT2D eigenvalue weighted by atomic mass is 32.2. The SMILES string of the molecule is CCC[C@@H](N)C(=O)NCCCCCCSC. The van der Waals surface area contributed by atoms with Crippen molar-refractivity contribution in [2.45, 2.75) is 51.5 Å². The minimum absolute atomic E-state index is 0.00552. The minimum atomic E-state index is -0.318. The van der Waals surface area contributed by atoms with E-state index >= 15 is 0 Å². The average Bonchev–Trinajstić information content (AvgIpc) is 2.28. The Bertz CT molecular complexity index is 176. The first-order valence-corrected chi connectivity index (χ1v) is 7.64. The van der Waals surface area contributed by atoms with E-state index in [1.165, 1.54) is 25.0 Å². The summed E-state index contributed by atoms with van der Waals surface area (Å²) in [7, 11) is 0. The van der Waals surface area contributed by atoms with Gasteiger partial charge in [0.05, 0.1) is 6.04 Å². The summed E-state index contributed by atoms with van der Waals surface area (Å²) >= 11 is 1.89. The van der Waals surface area contributed by atoms with Crippen LogP contribution in [-0.2, 0) is 4.79 Å². The summed E-state index contributed by atoms with van der Waals surface area (Å²) in [5.41, 5.74) is 5.69. The van der Waals surface area contributed by atoms with E-state index < -0.39 is 0 Å². The molecule has 0 spiro atoms. The fourth-order valence-electron chi connectivity index (χ4n) is 1.51. The van der Waals surface area contributed by atoms with Gasteiger partial charge in [0.1, 0.15) is 0 Å². The van der Waals surface area contributed by atoms with E-state index in [2.05, 4.69) is 11.6 Å². The molecule has 0 rings (SSSR count). The zero-order chi connectivity index (χ0) is 12.2. The number of hydrogen-bond acceptors (Lipinski definition) is 3. The molecule has 1 amide bonds. The number of carbonyl (C=O) groups is 1. The van der Waals surface area contributed by atoms with E-state index in [1.54, 1.807) is 0 Å². The third-order valence-corrected chi connectivity index (χ3v) is 3.21. The number of nitrogens with one attached hydrogen (secondary N) is 1. The van der Waals surface area contributed by atoms with Crippen LogP contribution in [0.5, 0.6) is 0 Å². The second kappa shape index (κ2) is 11.3. The van der Waals surface area contributed by atoms with Crippen molar-refractivity contribution in [3.05, 3.63) is 0 Å². The highest BCUT2D eigenvalue weighted by Crippen LogP contribution is 2.03. The summed E-state index contributed by atoms with van der Waals surface area (Å²) in [6.45, 7) is 2.81. The van der Waals surface area contributed by atoms with Gasteiger partial charge in [-0.05, 0) is 31.3 Å². The second-order valence-corrected chi connectivity index (χ2v) is 5.08. The standard InChI is InChI=1S/C12H26N2OS/c1-3-8-11(13)12(15)14-9-6-4-5-7-10-16-2/h11H,3-10,13H2,1-2H3,(H,14,15)/t11-/m1/s1. The number of rotatable bonds is 10. The Hall–Kier alpha value is -0.220. The molecule has 0 fully saturated rings. The summed E-state index contributed by atoms with van der Waals surface area (Å²) in [4.78, 5) is 11.4. The first kappa shape index (κ1) is 15.8. The molecule has 0 aromatic rings. The molecule has 0 bridgehead atoms. The van der Waals surface area contributed by atoms with Crippen molar-refractivity contribution in [3.8, 4) is 0 Å². The van der Waals surface area contributed by atoms with Crippen LogP contribution in [0.15, 0.2) is 0 Å². The van der Waals surface area contributed by atoms with E-state index in [1.807, 2.05) is 18.7 Å². The predicted octanol–water partition coefficient (Wildman–Crippen LogP) is 2.15. The summed E-state index contributed by atoms with van der Waals surface area (Å²) in [5.74, 6) is 1.25. The summed E-state index contributed by atoms with van der Waals surface area (Å²) in [6, 6.07) is -0.318. The monoisotopic (exact) mass is 246 g/mol. The molecule has 0 unspecified atom stereocenters. The van der Waals surface area contributed by atoms with E-state index in [-0.39, 0.29) is 11.9 Å². The van der Waals surface area contributed by atoms with E-state index in [0.717, 1.165) is 25.8 Å². The molecular formula is C12H26N2OS. The quantitative estimate of drug-likeness (QED) is 0.581. The lowest BCUT2D eigenvalue weighted by molar-refractivity contribution is -0.122. The molecule has 3 N–H and O–H groups in total. The third-order valence-electron chi connectivity index (χ3n) is 2.51. The van der Waals surface area contributed by atoms with Crippen molar-refractivity contribution in [3.63, 3.8) is 0 Å². The maximum absolute atomic E-state index is 11.4. The molecule has 96 valence electrons. The Labute approximate surface area is 104 Å². The Morgan fingerprint density at radius 1 is 1.31 bits per heavy atom. The first-order valence-electron chi connectivity index (χ1n) is 6.24. The van der Waals surface area contributed by atoms with Gasteiger partial charge in [-0.25, -0.2) is 0 Å². The van der Waals surface area contributed by atoms with Crippen LogP contribution in [0.4, 0.5) is 0 Å². The first-order chi connectivity index (χ1) is 7.72. The lowest BCUT2D eigenvalue weighted by Gasteiger charge is -2.10. The van der Waals surface area contributed by atoms with Gasteiger partial charge in [0.25, 0.3) is 0 Å². The highest BCUT2D eigenvalue weighted by Gasteiger charge is 2.10. The van der Waals surface area contributed by atoms with Crippen LogP contribution in [0.1, 0.15) is 45.4 Å². The Morgan fingerprint density at radius 2 is 2.00 bits per heavy atom. The number of amides is 1. The van der Waals surface area contributed by atoms with Crippen LogP contribution in [0.3, 0.4) is 0 Å². The Kier molecular flexibility index (Phi) is 11.1. The van der Waals surface area contributed by atoms with Crippen molar-refractivity contribution in [2.75, 3.05) is 18.6 Å². The van der Waals surface area contributed by atoms with Gasteiger partial charge in [0, 0.05) is 6.54 Å². The van der Waals surface area contributed by atoms with Crippen LogP contribution in [-0.4, -0.2) is 30.5 Å². The van der Waals surface area contributed by atoms with Gasteiger partial charge in [0.15, 0.2) is 0 Å². The lowest BCUT2D eigenvalue weighted by atomic mass is 10.1. The van der Waals surface area contributed by atoms with Gasteiger partial charge in [0.2, 0.25) is 5.91 Å². The van der Waals surface area contributed by atoms with Crippen molar-refractivity contribution in [1.29, 1.82) is 0 Å². The number of nitrogens with two attached hydrogens (primary N) is 1. The molecule has 0 heterocycles. The van der Waals surface area contributed by atoms with E-state index in [4.69, 9.17) is 5.73 Å². The maximum Gasteiger partial charge on any atom is 0.236 e. The maximum atomic E-state index is 11.4. The fourth-order valence-corrected chi connectivity index (χ4v) is 2.00. The van der Waals surface area contributed by atoms with E-state index in [0.29, 0.717) is 0 Å². The molecule has 0 aromatic heterocycles. The molecule has 0 aliphatic heterocycles. The Balaban J connectivity index is 3.27. The molecule has 4 heteroatoms. The number of thioether (sulfide) groups is 1.